The molecular formula is C14H19N3O4S2. The third-order valence-electron chi connectivity index (χ3n) is 3.18. The number of thioether (sulfide) groups is 1. The Bertz CT molecular complexity index is 828. The summed E-state index contributed by atoms with van der Waals surface area (Å²) >= 11 is 1.20. The van der Waals surface area contributed by atoms with Crippen LogP contribution in [0.1, 0.15) is 6.92 Å². The number of hydrogen-bond acceptors (Lipinski definition) is 6. The third kappa shape index (κ3) is 3.67. The lowest BCUT2D eigenvalue weighted by Crippen LogP contribution is -2.29. The Labute approximate surface area is 139 Å². The van der Waals surface area contributed by atoms with Crippen LogP contribution in [0.15, 0.2) is 32.7 Å². The molecule has 0 aliphatic rings. The molecule has 0 radical (unpaired) electrons. The largest absolute Gasteiger partial charge is 0.431 e. The number of nitrogens with zero attached hydrogens (tertiary/aromatic N) is 3. The van der Waals surface area contributed by atoms with E-state index in [4.69, 9.17) is 4.42 Å². The molecule has 7 nitrogen and oxygen atoms in total. The smallest absolute Gasteiger partial charge is 0.257 e. The van der Waals surface area contributed by atoms with Crippen molar-refractivity contribution >= 4 is 38.8 Å². The summed E-state index contributed by atoms with van der Waals surface area (Å²) in [6.45, 7) is 1.77. The first-order valence-electron chi connectivity index (χ1n) is 6.84. The highest BCUT2D eigenvalue weighted by Crippen LogP contribution is 2.29. The van der Waals surface area contributed by atoms with Gasteiger partial charge in [-0.15, -0.1) is 0 Å². The van der Waals surface area contributed by atoms with Crippen LogP contribution in [0.2, 0.25) is 0 Å². The molecule has 0 N–H and O–H groups in total. The summed E-state index contributed by atoms with van der Waals surface area (Å²) in [6.07, 6.45) is 0. The summed E-state index contributed by atoms with van der Waals surface area (Å²) < 4.78 is 31.0. The van der Waals surface area contributed by atoms with Crippen molar-refractivity contribution in [2.45, 2.75) is 22.3 Å². The summed E-state index contributed by atoms with van der Waals surface area (Å²) in [6, 6.07) is 4.52. The predicted molar refractivity (Wildman–Crippen MR) is 88.9 cm³/mol. The first-order chi connectivity index (χ1) is 10.6. The number of carbonyl (C=O) groups is 1. The molecule has 2 rings (SSSR count). The van der Waals surface area contributed by atoms with Gasteiger partial charge in [0.05, 0.1) is 10.1 Å². The number of benzene rings is 1. The van der Waals surface area contributed by atoms with Crippen molar-refractivity contribution in [1.29, 1.82) is 0 Å². The topological polar surface area (TPSA) is 83.7 Å². The Kier molecular flexibility index (Phi) is 5.02. The number of fused-ring (bicyclic) bond motifs is 1. The van der Waals surface area contributed by atoms with Crippen LogP contribution in [0, 0.1) is 0 Å². The zero-order valence-electron chi connectivity index (χ0n) is 13.6. The second-order valence-electron chi connectivity index (χ2n) is 5.39. The van der Waals surface area contributed by atoms with Crippen LogP contribution in [0.25, 0.3) is 11.1 Å². The van der Waals surface area contributed by atoms with E-state index >= 15 is 0 Å². The summed E-state index contributed by atoms with van der Waals surface area (Å²) in [5.74, 6) is -0.0480. The van der Waals surface area contributed by atoms with Crippen LogP contribution in [0.5, 0.6) is 0 Å². The number of aromatic nitrogens is 1. The molecule has 0 saturated heterocycles. The fourth-order valence-electron chi connectivity index (χ4n) is 1.87. The fraction of sp³-hybridized carbons (Fsp3) is 0.429. The summed E-state index contributed by atoms with van der Waals surface area (Å²) in [5.41, 5.74) is 0.926. The van der Waals surface area contributed by atoms with Gasteiger partial charge in [0, 0.05) is 28.2 Å². The Hall–Kier alpha value is -1.58. The van der Waals surface area contributed by atoms with E-state index in [1.54, 1.807) is 27.1 Å². The van der Waals surface area contributed by atoms with Gasteiger partial charge in [-0.3, -0.25) is 4.79 Å². The highest BCUT2D eigenvalue weighted by Gasteiger charge is 2.21. The zero-order valence-corrected chi connectivity index (χ0v) is 15.2. The molecule has 0 bridgehead atoms. The maximum atomic E-state index is 12.1. The van der Waals surface area contributed by atoms with Crippen molar-refractivity contribution in [3.8, 4) is 0 Å². The first kappa shape index (κ1) is 17.8. The summed E-state index contributed by atoms with van der Waals surface area (Å²) in [5, 5.41) is -0.00913. The van der Waals surface area contributed by atoms with Gasteiger partial charge in [-0.05, 0) is 25.1 Å². The van der Waals surface area contributed by atoms with Gasteiger partial charge in [0.2, 0.25) is 15.9 Å². The van der Waals surface area contributed by atoms with Crippen molar-refractivity contribution in [1.82, 2.24) is 14.2 Å². The van der Waals surface area contributed by atoms with Crippen LogP contribution < -0.4 is 0 Å². The Morgan fingerprint density at radius 2 is 1.91 bits per heavy atom. The number of oxazole rings is 1. The van der Waals surface area contributed by atoms with Gasteiger partial charge in [0.25, 0.3) is 5.22 Å². The quantitative estimate of drug-likeness (QED) is 0.757. The van der Waals surface area contributed by atoms with Gasteiger partial charge in [-0.1, -0.05) is 11.8 Å². The molecule has 0 fully saturated rings. The van der Waals surface area contributed by atoms with Crippen LogP contribution in [0.4, 0.5) is 0 Å². The number of amides is 1. The Morgan fingerprint density at radius 1 is 1.26 bits per heavy atom. The van der Waals surface area contributed by atoms with Crippen molar-refractivity contribution in [2.75, 3.05) is 28.2 Å². The second kappa shape index (κ2) is 6.50. The highest BCUT2D eigenvalue weighted by molar-refractivity contribution is 8.00. The molecular weight excluding hydrogens is 338 g/mol. The predicted octanol–water partition coefficient (Wildman–Crippen LogP) is 1.65. The first-order valence-corrected chi connectivity index (χ1v) is 9.16. The van der Waals surface area contributed by atoms with Crippen LogP contribution in [0.3, 0.4) is 0 Å². The molecule has 1 amide bonds. The van der Waals surface area contributed by atoms with E-state index in [1.807, 2.05) is 0 Å². The Balaban J connectivity index is 2.32. The van der Waals surface area contributed by atoms with E-state index in [9.17, 15) is 13.2 Å². The maximum absolute atomic E-state index is 12.1. The average Bonchev–Trinajstić information content (AvgIpc) is 2.86. The normalized spacial score (nSPS) is 13.5. The molecule has 1 aromatic carbocycles. The zero-order chi connectivity index (χ0) is 17.4. The standard InChI is InChI=1S/C14H19N3O4S2/c1-9(13(18)16(2)3)22-14-15-11-8-10(6-7-12(11)21-14)23(19,20)17(4)5/h6-9H,1-5H3/t9-/m0/s1. The molecule has 1 atom stereocenters. The van der Waals surface area contributed by atoms with E-state index in [0.717, 1.165) is 4.31 Å². The van der Waals surface area contributed by atoms with E-state index in [1.165, 1.54) is 42.9 Å². The van der Waals surface area contributed by atoms with Gasteiger partial charge in [0.15, 0.2) is 5.58 Å². The molecule has 0 spiro atoms. The van der Waals surface area contributed by atoms with Crippen LogP contribution in [-0.2, 0) is 14.8 Å². The molecule has 0 saturated carbocycles. The van der Waals surface area contributed by atoms with E-state index in [2.05, 4.69) is 4.98 Å². The van der Waals surface area contributed by atoms with Gasteiger partial charge in [-0.25, -0.2) is 17.7 Å². The van der Waals surface area contributed by atoms with Crippen molar-refractivity contribution < 1.29 is 17.6 Å². The van der Waals surface area contributed by atoms with E-state index in [0.29, 0.717) is 16.3 Å². The van der Waals surface area contributed by atoms with Crippen molar-refractivity contribution in [3.63, 3.8) is 0 Å². The van der Waals surface area contributed by atoms with Crippen molar-refractivity contribution in [2.24, 2.45) is 0 Å². The minimum Gasteiger partial charge on any atom is -0.431 e. The molecule has 23 heavy (non-hydrogen) atoms. The number of rotatable bonds is 5. The number of carbonyl (C=O) groups excluding carboxylic acids is 1. The molecule has 9 heteroatoms. The SMILES string of the molecule is C[C@H](Sc1nc2cc(S(=O)(=O)N(C)C)ccc2o1)C(=O)N(C)C. The molecule has 1 heterocycles. The molecule has 126 valence electrons. The van der Waals surface area contributed by atoms with Crippen LogP contribution in [-0.4, -0.2) is 62.0 Å². The molecule has 2 aromatic rings. The lowest BCUT2D eigenvalue weighted by Gasteiger charge is -2.14. The molecule has 0 aliphatic heterocycles. The Morgan fingerprint density at radius 3 is 2.48 bits per heavy atom. The van der Waals surface area contributed by atoms with Crippen molar-refractivity contribution in [3.05, 3.63) is 18.2 Å². The van der Waals surface area contributed by atoms with Gasteiger partial charge in [0.1, 0.15) is 5.52 Å². The van der Waals surface area contributed by atoms with Gasteiger partial charge >= 0.3 is 0 Å². The monoisotopic (exact) mass is 357 g/mol. The summed E-state index contributed by atoms with van der Waals surface area (Å²) in [4.78, 5) is 17.8. The minimum atomic E-state index is -3.52. The third-order valence-corrected chi connectivity index (χ3v) is 5.93. The minimum absolute atomic E-state index is 0.0480. The average molecular weight is 357 g/mol. The van der Waals surface area contributed by atoms with E-state index in [-0.39, 0.29) is 16.1 Å². The lowest BCUT2D eigenvalue weighted by molar-refractivity contribution is -0.127. The maximum Gasteiger partial charge on any atom is 0.257 e. The van der Waals surface area contributed by atoms with E-state index < -0.39 is 10.0 Å². The molecule has 0 aliphatic carbocycles. The molecule has 1 aromatic heterocycles. The molecule has 0 unspecified atom stereocenters. The fourth-order valence-corrected chi connectivity index (χ4v) is 3.70. The lowest BCUT2D eigenvalue weighted by atomic mass is 10.3. The summed E-state index contributed by atoms with van der Waals surface area (Å²) in [7, 11) is 2.79. The second-order valence-corrected chi connectivity index (χ2v) is 8.83. The number of sulfonamides is 1. The highest BCUT2D eigenvalue weighted by atomic mass is 32.2. The van der Waals surface area contributed by atoms with Gasteiger partial charge in [-0.2, -0.15) is 0 Å². The number of hydrogen-bond donors (Lipinski definition) is 0. The van der Waals surface area contributed by atoms with Crippen LogP contribution >= 0.6 is 11.8 Å². The van der Waals surface area contributed by atoms with Gasteiger partial charge < -0.3 is 9.32 Å².